The second kappa shape index (κ2) is 8.55. The van der Waals surface area contributed by atoms with E-state index in [4.69, 9.17) is 0 Å². The van der Waals surface area contributed by atoms with Crippen LogP contribution in [0.3, 0.4) is 0 Å². The highest BCUT2D eigenvalue weighted by atomic mass is 32.2. The zero-order valence-corrected chi connectivity index (χ0v) is 18.1. The fourth-order valence-electron chi connectivity index (χ4n) is 3.33. The first-order valence-electron chi connectivity index (χ1n) is 9.96. The van der Waals surface area contributed by atoms with E-state index in [1.165, 1.54) is 16.7 Å². The van der Waals surface area contributed by atoms with Crippen LogP contribution >= 0.6 is 0 Å². The number of hydrogen-bond donors (Lipinski definition) is 0. The Morgan fingerprint density at radius 2 is 1.67 bits per heavy atom. The van der Waals surface area contributed by atoms with Crippen molar-refractivity contribution < 1.29 is 12.8 Å². The monoisotopic (exact) mass is 436 g/mol. The van der Waals surface area contributed by atoms with Gasteiger partial charge in [-0.15, -0.1) is 0 Å². The van der Waals surface area contributed by atoms with E-state index in [1.54, 1.807) is 6.92 Å². The van der Waals surface area contributed by atoms with Crippen LogP contribution in [-0.2, 0) is 23.1 Å². The van der Waals surface area contributed by atoms with Gasteiger partial charge in [-0.05, 0) is 37.5 Å². The summed E-state index contributed by atoms with van der Waals surface area (Å²) in [6.07, 6.45) is 3.85. The van der Waals surface area contributed by atoms with Gasteiger partial charge in [-0.25, -0.2) is 26.6 Å². The molecule has 0 N–H and O–H groups in total. The molecule has 3 rings (SSSR count). The number of fused-ring (bicyclic) bond motifs is 1. The first-order chi connectivity index (χ1) is 14.2. The van der Waals surface area contributed by atoms with Gasteiger partial charge in [0.1, 0.15) is 12.1 Å². The average Bonchev–Trinajstić information content (AvgIpc) is 3.15. The Morgan fingerprint density at radius 1 is 1.03 bits per heavy atom. The summed E-state index contributed by atoms with van der Waals surface area (Å²) in [6.45, 7) is 5.93. The number of imidazole rings is 1. The summed E-state index contributed by atoms with van der Waals surface area (Å²) in [6, 6.07) is 3.44. The third-order valence-corrected chi connectivity index (χ3v) is 6.83. The van der Waals surface area contributed by atoms with Gasteiger partial charge in [0, 0.05) is 13.1 Å². The van der Waals surface area contributed by atoms with Crippen LogP contribution < -0.4 is 11.2 Å². The molecular formula is C20H25FN4O4S. The Labute approximate surface area is 173 Å². The molecule has 0 saturated heterocycles. The number of benzene rings is 1. The Hall–Kier alpha value is -2.75. The SMILES string of the molecule is CCCCn1c(=O)c2c(ncn2S(=O)(=O)c2cc(F)ccc2C)n(CCCC)c1=O. The van der Waals surface area contributed by atoms with E-state index in [0.717, 1.165) is 33.8 Å². The highest BCUT2D eigenvalue weighted by Gasteiger charge is 2.27. The number of unbranched alkanes of at least 4 members (excludes halogenated alkanes) is 2. The molecule has 8 nitrogen and oxygen atoms in total. The molecule has 0 spiro atoms. The van der Waals surface area contributed by atoms with Gasteiger partial charge in [0.2, 0.25) is 0 Å². The highest BCUT2D eigenvalue weighted by Crippen LogP contribution is 2.22. The molecule has 0 fully saturated rings. The minimum absolute atomic E-state index is 0.0174. The average molecular weight is 437 g/mol. The van der Waals surface area contributed by atoms with Gasteiger partial charge in [-0.2, -0.15) is 0 Å². The third kappa shape index (κ3) is 3.71. The van der Waals surface area contributed by atoms with Gasteiger partial charge >= 0.3 is 5.69 Å². The minimum atomic E-state index is -4.30. The molecule has 0 atom stereocenters. The van der Waals surface area contributed by atoms with E-state index < -0.39 is 27.1 Å². The molecule has 10 heteroatoms. The highest BCUT2D eigenvalue weighted by molar-refractivity contribution is 7.90. The molecule has 0 aliphatic heterocycles. The first-order valence-corrected chi connectivity index (χ1v) is 11.4. The number of halogens is 1. The molecule has 0 unspecified atom stereocenters. The Kier molecular flexibility index (Phi) is 6.25. The number of aryl methyl sites for hydroxylation is 2. The maximum Gasteiger partial charge on any atom is 0.332 e. The Bertz CT molecular complexity index is 1300. The van der Waals surface area contributed by atoms with Crippen LogP contribution in [0.5, 0.6) is 0 Å². The molecule has 2 heterocycles. The van der Waals surface area contributed by atoms with Crippen LogP contribution in [0.2, 0.25) is 0 Å². The van der Waals surface area contributed by atoms with Crippen molar-refractivity contribution in [3.63, 3.8) is 0 Å². The van der Waals surface area contributed by atoms with E-state index in [-0.39, 0.29) is 22.6 Å². The first kappa shape index (κ1) is 21.9. The normalized spacial score (nSPS) is 12.0. The number of nitrogens with zero attached hydrogens (tertiary/aromatic N) is 4. The molecule has 0 bridgehead atoms. The second-order valence-corrected chi connectivity index (χ2v) is 9.01. The third-order valence-electron chi connectivity index (χ3n) is 5.04. The lowest BCUT2D eigenvalue weighted by Gasteiger charge is -2.13. The molecule has 0 aliphatic rings. The minimum Gasteiger partial charge on any atom is -0.276 e. The van der Waals surface area contributed by atoms with Crippen LogP contribution in [0.4, 0.5) is 4.39 Å². The maximum atomic E-state index is 13.8. The molecule has 0 saturated carbocycles. The number of rotatable bonds is 8. The quantitative estimate of drug-likeness (QED) is 0.541. The summed E-state index contributed by atoms with van der Waals surface area (Å²) in [5.74, 6) is -0.705. The molecule has 162 valence electrons. The summed E-state index contributed by atoms with van der Waals surface area (Å²) < 4.78 is 43.5. The lowest BCUT2D eigenvalue weighted by atomic mass is 10.2. The summed E-state index contributed by atoms with van der Waals surface area (Å²) in [5, 5.41) is 0. The van der Waals surface area contributed by atoms with Gasteiger partial charge in [-0.3, -0.25) is 13.9 Å². The largest absolute Gasteiger partial charge is 0.332 e. The standard InChI is InChI=1S/C20H25FN4O4S/c1-4-6-10-23-18-17(19(26)24(20(23)27)11-7-5-2)25(13-22-18)30(28,29)16-12-15(21)9-8-14(16)3/h8-9,12-13H,4-7,10-11H2,1-3H3. The van der Waals surface area contributed by atoms with Crippen molar-refractivity contribution in [2.45, 2.75) is 64.4 Å². The Balaban J connectivity index is 2.36. The predicted octanol–water partition coefficient (Wildman–Crippen LogP) is 2.64. The van der Waals surface area contributed by atoms with Crippen LogP contribution in [0.1, 0.15) is 45.1 Å². The van der Waals surface area contributed by atoms with Crippen molar-refractivity contribution in [1.82, 2.24) is 18.1 Å². The van der Waals surface area contributed by atoms with Crippen molar-refractivity contribution >= 4 is 21.2 Å². The van der Waals surface area contributed by atoms with Crippen molar-refractivity contribution in [1.29, 1.82) is 0 Å². The van der Waals surface area contributed by atoms with Crippen molar-refractivity contribution in [3.05, 3.63) is 56.7 Å². The van der Waals surface area contributed by atoms with Crippen LogP contribution in [-0.4, -0.2) is 26.5 Å². The van der Waals surface area contributed by atoms with Crippen LogP contribution in [0, 0.1) is 12.7 Å². The van der Waals surface area contributed by atoms with E-state index in [1.807, 2.05) is 13.8 Å². The summed E-state index contributed by atoms with van der Waals surface area (Å²) in [7, 11) is -4.30. The van der Waals surface area contributed by atoms with Crippen molar-refractivity contribution in [2.24, 2.45) is 0 Å². The van der Waals surface area contributed by atoms with E-state index in [2.05, 4.69) is 4.98 Å². The van der Waals surface area contributed by atoms with Crippen LogP contribution in [0.15, 0.2) is 39.0 Å². The number of hydrogen-bond acceptors (Lipinski definition) is 5. The fourth-order valence-corrected chi connectivity index (χ4v) is 4.85. The summed E-state index contributed by atoms with van der Waals surface area (Å²) in [5.41, 5.74) is -1.07. The molecule has 30 heavy (non-hydrogen) atoms. The van der Waals surface area contributed by atoms with Gasteiger partial charge < -0.3 is 0 Å². The van der Waals surface area contributed by atoms with Crippen molar-refractivity contribution in [2.75, 3.05) is 0 Å². The predicted molar refractivity (Wildman–Crippen MR) is 112 cm³/mol. The topological polar surface area (TPSA) is 96.0 Å². The summed E-state index contributed by atoms with van der Waals surface area (Å²) >= 11 is 0. The fraction of sp³-hybridized carbons (Fsp3) is 0.450. The molecule has 3 aromatic rings. The molecular weight excluding hydrogens is 411 g/mol. The molecule has 1 aromatic carbocycles. The van der Waals surface area contributed by atoms with Gasteiger partial charge in [0.05, 0.1) is 4.90 Å². The maximum absolute atomic E-state index is 13.8. The Morgan fingerprint density at radius 3 is 2.30 bits per heavy atom. The lowest BCUT2D eigenvalue weighted by molar-refractivity contribution is 0.529. The van der Waals surface area contributed by atoms with E-state index in [9.17, 15) is 22.4 Å². The molecule has 0 aliphatic carbocycles. The second-order valence-electron chi connectivity index (χ2n) is 7.23. The van der Waals surface area contributed by atoms with Gasteiger partial charge in [0.15, 0.2) is 11.2 Å². The van der Waals surface area contributed by atoms with Crippen LogP contribution in [0.25, 0.3) is 11.2 Å². The zero-order chi connectivity index (χ0) is 22.1. The van der Waals surface area contributed by atoms with E-state index >= 15 is 0 Å². The molecule has 0 amide bonds. The smallest absolute Gasteiger partial charge is 0.276 e. The zero-order valence-electron chi connectivity index (χ0n) is 17.3. The molecule has 2 aromatic heterocycles. The van der Waals surface area contributed by atoms with E-state index in [0.29, 0.717) is 24.9 Å². The summed E-state index contributed by atoms with van der Waals surface area (Å²) in [4.78, 5) is 29.9. The number of aromatic nitrogens is 4. The van der Waals surface area contributed by atoms with Gasteiger partial charge in [0.25, 0.3) is 15.6 Å². The van der Waals surface area contributed by atoms with Gasteiger partial charge in [-0.1, -0.05) is 32.8 Å². The van der Waals surface area contributed by atoms with Crippen molar-refractivity contribution in [3.8, 4) is 0 Å². The lowest BCUT2D eigenvalue weighted by Crippen LogP contribution is -2.41. The molecule has 0 radical (unpaired) electrons.